The summed E-state index contributed by atoms with van der Waals surface area (Å²) in [5.41, 5.74) is 0.629. The predicted octanol–water partition coefficient (Wildman–Crippen LogP) is 2.50. The smallest absolute Gasteiger partial charge is 0.253 e. The van der Waals surface area contributed by atoms with Crippen LogP contribution in [0.1, 0.15) is 19.8 Å². The van der Waals surface area contributed by atoms with Crippen molar-refractivity contribution in [2.24, 2.45) is 0 Å². The molecule has 4 rings (SSSR count). The highest BCUT2D eigenvalue weighted by Crippen LogP contribution is 2.22. The first-order chi connectivity index (χ1) is 15.4. The molecule has 10 heteroatoms. The Balaban J connectivity index is 0.000000243. The number of ether oxygens (including phenoxy) is 2. The summed E-state index contributed by atoms with van der Waals surface area (Å²) in [5, 5.41) is 5.86. The van der Waals surface area contributed by atoms with E-state index in [0.717, 1.165) is 25.5 Å². The molecule has 3 heterocycles. The van der Waals surface area contributed by atoms with Crippen molar-refractivity contribution >= 4 is 23.3 Å². The number of hydrogen-bond donors (Lipinski definition) is 2. The van der Waals surface area contributed by atoms with Crippen LogP contribution < -0.4 is 20.3 Å². The van der Waals surface area contributed by atoms with E-state index in [9.17, 15) is 18.4 Å². The molecular formula is C22H26F2N4O4. The van der Waals surface area contributed by atoms with Crippen LogP contribution in [0.4, 0.5) is 20.3 Å². The van der Waals surface area contributed by atoms with Crippen molar-refractivity contribution in [3.8, 4) is 5.75 Å². The standard InChI is InChI=1S/C15H20N4O3.C7H6F2O/c1-10-2-3-12(22-10)15(21)18-11-4-5-17-13(8-11)19-7-6-16-9-14(19)20;1-10-6-4-2-3-5(8)7(6)9/h4-5,8,10,12,16H,2-3,6-7,9H2,1H3,(H,17,18,21);2-4H,1H3. The van der Waals surface area contributed by atoms with Crippen molar-refractivity contribution in [1.82, 2.24) is 10.3 Å². The van der Waals surface area contributed by atoms with Gasteiger partial charge in [0, 0.05) is 31.0 Å². The molecule has 0 bridgehead atoms. The fourth-order valence-corrected chi connectivity index (χ4v) is 3.35. The maximum Gasteiger partial charge on any atom is 0.253 e. The van der Waals surface area contributed by atoms with Crippen LogP contribution in [0.2, 0.25) is 0 Å². The van der Waals surface area contributed by atoms with Crippen LogP contribution in [0.5, 0.6) is 5.75 Å². The zero-order valence-electron chi connectivity index (χ0n) is 17.9. The van der Waals surface area contributed by atoms with Crippen LogP contribution in [0.25, 0.3) is 0 Å². The Morgan fingerprint density at radius 1 is 1.31 bits per heavy atom. The second-order valence-corrected chi connectivity index (χ2v) is 7.38. The van der Waals surface area contributed by atoms with Crippen LogP contribution in [-0.2, 0) is 14.3 Å². The number of halogens is 2. The summed E-state index contributed by atoms with van der Waals surface area (Å²) < 4.78 is 34.9. The predicted molar refractivity (Wildman–Crippen MR) is 115 cm³/mol. The lowest BCUT2D eigenvalue weighted by Crippen LogP contribution is -2.48. The van der Waals surface area contributed by atoms with Gasteiger partial charge >= 0.3 is 0 Å². The molecule has 172 valence electrons. The number of nitrogens with one attached hydrogen (secondary N) is 2. The fourth-order valence-electron chi connectivity index (χ4n) is 3.35. The lowest BCUT2D eigenvalue weighted by molar-refractivity contribution is -0.126. The van der Waals surface area contributed by atoms with Crippen molar-refractivity contribution in [2.75, 3.05) is 37.0 Å². The Kier molecular flexibility index (Phi) is 8.07. The molecule has 2 atom stereocenters. The molecule has 2 saturated heterocycles. The Morgan fingerprint density at radius 2 is 2.12 bits per heavy atom. The molecule has 0 radical (unpaired) electrons. The normalized spacial score (nSPS) is 20.4. The highest BCUT2D eigenvalue weighted by Gasteiger charge is 2.28. The quantitative estimate of drug-likeness (QED) is 0.747. The molecule has 8 nitrogen and oxygen atoms in total. The van der Waals surface area contributed by atoms with Gasteiger partial charge in [-0.25, -0.2) is 9.37 Å². The van der Waals surface area contributed by atoms with Gasteiger partial charge in [-0.1, -0.05) is 6.07 Å². The number of piperazine rings is 1. The highest BCUT2D eigenvalue weighted by molar-refractivity contribution is 5.97. The van der Waals surface area contributed by atoms with Gasteiger partial charge < -0.3 is 20.1 Å². The molecule has 0 spiro atoms. The van der Waals surface area contributed by atoms with E-state index in [4.69, 9.17) is 4.74 Å². The lowest BCUT2D eigenvalue weighted by atomic mass is 10.2. The molecule has 0 saturated carbocycles. The maximum absolute atomic E-state index is 12.5. The summed E-state index contributed by atoms with van der Waals surface area (Å²) in [7, 11) is 1.29. The summed E-state index contributed by atoms with van der Waals surface area (Å²) in [6.45, 7) is 3.59. The zero-order chi connectivity index (χ0) is 23.1. The average Bonchev–Trinajstić information content (AvgIpc) is 3.23. The summed E-state index contributed by atoms with van der Waals surface area (Å²) in [6, 6.07) is 7.22. The molecule has 2 amide bonds. The van der Waals surface area contributed by atoms with E-state index in [1.165, 1.54) is 19.2 Å². The number of pyridine rings is 1. The Labute approximate surface area is 184 Å². The number of carbonyl (C=O) groups excluding carboxylic acids is 2. The van der Waals surface area contributed by atoms with Gasteiger partial charge in [-0.05, 0) is 38.0 Å². The minimum absolute atomic E-state index is 0.0184. The molecule has 0 aliphatic carbocycles. The molecule has 1 aromatic carbocycles. The Hall–Kier alpha value is -3.11. The van der Waals surface area contributed by atoms with E-state index in [0.29, 0.717) is 24.6 Å². The van der Waals surface area contributed by atoms with Crippen molar-refractivity contribution in [3.05, 3.63) is 48.2 Å². The summed E-state index contributed by atoms with van der Waals surface area (Å²) >= 11 is 0. The lowest BCUT2D eigenvalue weighted by Gasteiger charge is -2.26. The van der Waals surface area contributed by atoms with E-state index in [-0.39, 0.29) is 23.7 Å². The summed E-state index contributed by atoms with van der Waals surface area (Å²) in [6.07, 6.45) is 2.96. The number of rotatable bonds is 4. The second-order valence-electron chi connectivity index (χ2n) is 7.38. The van der Waals surface area contributed by atoms with Gasteiger partial charge in [-0.3, -0.25) is 14.5 Å². The first kappa shape index (κ1) is 23.6. The van der Waals surface area contributed by atoms with Crippen molar-refractivity contribution in [1.29, 1.82) is 0 Å². The third kappa shape index (κ3) is 5.98. The van der Waals surface area contributed by atoms with E-state index in [1.54, 1.807) is 23.2 Å². The van der Waals surface area contributed by atoms with E-state index in [1.807, 2.05) is 6.92 Å². The van der Waals surface area contributed by atoms with Gasteiger partial charge in [0.25, 0.3) is 5.91 Å². The second kappa shape index (κ2) is 11.0. The monoisotopic (exact) mass is 448 g/mol. The van der Waals surface area contributed by atoms with Crippen molar-refractivity contribution in [3.63, 3.8) is 0 Å². The number of benzene rings is 1. The van der Waals surface area contributed by atoms with Gasteiger partial charge in [0.05, 0.1) is 19.8 Å². The summed E-state index contributed by atoms with van der Waals surface area (Å²) in [4.78, 5) is 29.9. The van der Waals surface area contributed by atoms with Gasteiger partial charge in [0.15, 0.2) is 11.6 Å². The largest absolute Gasteiger partial charge is 0.494 e. The Bertz CT molecular complexity index is 959. The minimum atomic E-state index is -0.940. The first-order valence-corrected chi connectivity index (χ1v) is 10.3. The zero-order valence-corrected chi connectivity index (χ0v) is 17.9. The topological polar surface area (TPSA) is 92.8 Å². The van der Waals surface area contributed by atoms with Gasteiger partial charge in [-0.15, -0.1) is 0 Å². The molecule has 2 fully saturated rings. The maximum atomic E-state index is 12.5. The Morgan fingerprint density at radius 3 is 2.78 bits per heavy atom. The van der Waals surface area contributed by atoms with Crippen LogP contribution >= 0.6 is 0 Å². The van der Waals surface area contributed by atoms with Crippen molar-refractivity contribution in [2.45, 2.75) is 32.0 Å². The summed E-state index contributed by atoms with van der Waals surface area (Å²) in [5.74, 6) is -1.50. The molecule has 32 heavy (non-hydrogen) atoms. The number of aromatic nitrogens is 1. The van der Waals surface area contributed by atoms with Gasteiger partial charge in [0.2, 0.25) is 11.7 Å². The van der Waals surface area contributed by atoms with Gasteiger partial charge in [-0.2, -0.15) is 4.39 Å². The molecule has 2 N–H and O–H groups in total. The first-order valence-electron chi connectivity index (χ1n) is 10.3. The van der Waals surface area contributed by atoms with Crippen molar-refractivity contribution < 1.29 is 27.8 Å². The SMILES string of the molecule is CC1CCC(C(=O)Nc2ccnc(N3CCNCC3=O)c2)O1.COc1cccc(F)c1F. The number of carbonyl (C=O) groups is 2. The molecule has 2 aliphatic heterocycles. The average molecular weight is 448 g/mol. The van der Waals surface area contributed by atoms with Gasteiger partial charge in [0.1, 0.15) is 11.9 Å². The molecule has 1 aromatic heterocycles. The molecule has 2 aromatic rings. The number of hydrogen-bond acceptors (Lipinski definition) is 6. The van der Waals surface area contributed by atoms with Crippen LogP contribution in [0.3, 0.4) is 0 Å². The molecular weight excluding hydrogens is 422 g/mol. The van der Waals surface area contributed by atoms with E-state index >= 15 is 0 Å². The number of anilines is 2. The van der Waals surface area contributed by atoms with Crippen LogP contribution in [0, 0.1) is 11.6 Å². The van der Waals surface area contributed by atoms with Crippen LogP contribution in [-0.4, -0.2) is 55.8 Å². The third-order valence-corrected chi connectivity index (χ3v) is 5.04. The number of nitrogens with zero attached hydrogens (tertiary/aromatic N) is 2. The minimum Gasteiger partial charge on any atom is -0.494 e. The molecule has 2 unspecified atom stereocenters. The van der Waals surface area contributed by atoms with E-state index in [2.05, 4.69) is 20.4 Å². The van der Waals surface area contributed by atoms with E-state index < -0.39 is 17.7 Å². The number of methoxy groups -OCH3 is 1. The highest BCUT2D eigenvalue weighted by atomic mass is 19.2. The van der Waals surface area contributed by atoms with Crippen LogP contribution in [0.15, 0.2) is 36.5 Å². The number of amides is 2. The third-order valence-electron chi connectivity index (χ3n) is 5.04. The molecule has 2 aliphatic rings. The fraction of sp³-hybridized carbons (Fsp3) is 0.409.